The molecule has 0 unspecified atom stereocenters. The Bertz CT molecular complexity index is 914. The lowest BCUT2D eigenvalue weighted by Gasteiger charge is -2.39. The van der Waals surface area contributed by atoms with Crippen LogP contribution in [0.4, 0.5) is 0 Å². The molecule has 0 saturated heterocycles. The van der Waals surface area contributed by atoms with Crippen molar-refractivity contribution in [3.63, 3.8) is 0 Å². The van der Waals surface area contributed by atoms with E-state index in [1.54, 1.807) is 0 Å². The van der Waals surface area contributed by atoms with Crippen molar-refractivity contribution in [1.82, 2.24) is 5.32 Å². The quantitative estimate of drug-likeness (QED) is 0.675. The van der Waals surface area contributed by atoms with Gasteiger partial charge in [0.1, 0.15) is 6.10 Å². The van der Waals surface area contributed by atoms with Gasteiger partial charge >= 0.3 is 5.97 Å². The molecule has 1 aromatic carbocycles. The summed E-state index contributed by atoms with van der Waals surface area (Å²) in [6.07, 6.45) is 6.59. The van der Waals surface area contributed by atoms with Gasteiger partial charge in [-0.2, -0.15) is 0 Å². The first-order chi connectivity index (χ1) is 14.2. The van der Waals surface area contributed by atoms with Gasteiger partial charge in [-0.1, -0.05) is 50.1 Å². The van der Waals surface area contributed by atoms with Gasteiger partial charge in [-0.15, -0.1) is 0 Å². The lowest BCUT2D eigenvalue weighted by atomic mass is 9.68. The number of aryl methyl sites for hydroxylation is 1. The second-order valence-electron chi connectivity index (χ2n) is 10.0. The summed E-state index contributed by atoms with van der Waals surface area (Å²) in [5.41, 5.74) is 5.18. The van der Waals surface area contributed by atoms with E-state index in [0.29, 0.717) is 12.0 Å². The number of rotatable bonds is 3. The van der Waals surface area contributed by atoms with E-state index in [2.05, 4.69) is 19.2 Å². The van der Waals surface area contributed by atoms with Gasteiger partial charge in [-0.05, 0) is 56.9 Å². The number of benzene rings is 1. The number of Topliss-reactive ketones (excluding diaryl/α,β-unsaturated/α-hetero) is 1. The molecule has 160 valence electrons. The van der Waals surface area contributed by atoms with Gasteiger partial charge < -0.3 is 10.1 Å². The zero-order valence-electron chi connectivity index (χ0n) is 18.6. The first-order valence-electron chi connectivity index (χ1n) is 11.3. The zero-order chi connectivity index (χ0) is 21.5. The highest BCUT2D eigenvalue weighted by Gasteiger charge is 2.43. The summed E-state index contributed by atoms with van der Waals surface area (Å²) in [5.74, 6) is -0.502. The van der Waals surface area contributed by atoms with Crippen LogP contribution in [-0.2, 0) is 14.3 Å². The number of hydrogen-bond donors (Lipinski definition) is 1. The molecule has 1 atom stereocenters. The van der Waals surface area contributed by atoms with E-state index in [4.69, 9.17) is 4.74 Å². The lowest BCUT2D eigenvalue weighted by Crippen LogP contribution is -2.39. The summed E-state index contributed by atoms with van der Waals surface area (Å²) in [5, 5.41) is 3.42. The van der Waals surface area contributed by atoms with E-state index >= 15 is 0 Å². The predicted molar refractivity (Wildman–Crippen MR) is 118 cm³/mol. The normalized spacial score (nSPS) is 24.4. The highest BCUT2D eigenvalue weighted by Crippen LogP contribution is 2.47. The van der Waals surface area contributed by atoms with Crippen LogP contribution in [0, 0.1) is 12.3 Å². The summed E-state index contributed by atoms with van der Waals surface area (Å²) < 4.78 is 5.96. The van der Waals surface area contributed by atoms with Crippen molar-refractivity contribution in [3.05, 3.63) is 57.9 Å². The van der Waals surface area contributed by atoms with Crippen LogP contribution in [-0.4, -0.2) is 17.9 Å². The molecule has 4 nitrogen and oxygen atoms in total. The molecule has 1 heterocycles. The topological polar surface area (TPSA) is 55.4 Å². The molecule has 4 rings (SSSR count). The summed E-state index contributed by atoms with van der Waals surface area (Å²) in [6.45, 7) is 8.24. The number of allylic oxidation sites excluding steroid dienone is 3. The number of ketones is 1. The van der Waals surface area contributed by atoms with E-state index in [9.17, 15) is 9.59 Å². The fourth-order valence-corrected chi connectivity index (χ4v) is 5.20. The van der Waals surface area contributed by atoms with Crippen LogP contribution in [0.1, 0.15) is 82.8 Å². The number of carbonyl (C=O) groups excluding carboxylic acids is 2. The molecule has 0 bridgehead atoms. The molecule has 0 radical (unpaired) electrons. The fraction of sp³-hybridized carbons (Fsp3) is 0.538. The van der Waals surface area contributed by atoms with E-state index in [1.165, 1.54) is 6.42 Å². The highest BCUT2D eigenvalue weighted by atomic mass is 16.5. The largest absolute Gasteiger partial charge is 0.459 e. The predicted octanol–water partition coefficient (Wildman–Crippen LogP) is 5.47. The van der Waals surface area contributed by atoms with Crippen LogP contribution >= 0.6 is 0 Å². The minimum Gasteiger partial charge on any atom is -0.459 e. The third kappa shape index (κ3) is 4.10. The highest BCUT2D eigenvalue weighted by molar-refractivity contribution is 6.04. The maximum absolute atomic E-state index is 13.4. The molecule has 30 heavy (non-hydrogen) atoms. The molecule has 0 aromatic heterocycles. The Balaban J connectivity index is 1.75. The molecule has 3 aliphatic rings. The Hall–Kier alpha value is -2.36. The van der Waals surface area contributed by atoms with Crippen molar-refractivity contribution < 1.29 is 14.3 Å². The minimum absolute atomic E-state index is 0.0124. The summed E-state index contributed by atoms with van der Waals surface area (Å²) in [6, 6.07) is 8.19. The summed E-state index contributed by atoms with van der Waals surface area (Å²) in [4.78, 5) is 26.7. The van der Waals surface area contributed by atoms with Crippen LogP contribution < -0.4 is 5.32 Å². The number of hydrogen-bond acceptors (Lipinski definition) is 4. The summed E-state index contributed by atoms with van der Waals surface area (Å²) >= 11 is 0. The first kappa shape index (κ1) is 20.9. The maximum Gasteiger partial charge on any atom is 0.337 e. The SMILES string of the molecule is CC1=C(C(=O)OC2CCCCC2)[C@@H](c2ccc(C)cc2)C2=C(CC(C)(C)CC2=O)N1. The molecule has 0 amide bonds. The van der Waals surface area contributed by atoms with Crippen LogP contribution in [0.5, 0.6) is 0 Å². The maximum atomic E-state index is 13.4. The van der Waals surface area contributed by atoms with Crippen molar-refractivity contribution in [1.29, 1.82) is 0 Å². The fourth-order valence-electron chi connectivity index (χ4n) is 5.20. The van der Waals surface area contributed by atoms with Gasteiger partial charge in [0.05, 0.1) is 5.57 Å². The lowest BCUT2D eigenvalue weighted by molar-refractivity contribution is -0.146. The second kappa shape index (κ2) is 8.05. The molecule has 1 saturated carbocycles. The molecule has 1 N–H and O–H groups in total. The monoisotopic (exact) mass is 407 g/mol. The van der Waals surface area contributed by atoms with Crippen LogP contribution in [0.2, 0.25) is 0 Å². The third-order valence-corrected chi connectivity index (χ3v) is 6.70. The standard InChI is InChI=1S/C26H33NO3/c1-16-10-12-18(13-11-16)23-22(25(29)30-19-8-6-5-7-9-19)17(2)27-20-14-26(3,4)15-21(28)24(20)23/h10-13,19,23,27H,5-9,14-15H2,1-4H3/t23-/m1/s1. The van der Waals surface area contributed by atoms with Crippen molar-refractivity contribution >= 4 is 11.8 Å². The van der Waals surface area contributed by atoms with E-state index < -0.39 is 0 Å². The Morgan fingerprint density at radius 1 is 1.03 bits per heavy atom. The molecule has 1 fully saturated rings. The van der Waals surface area contributed by atoms with Gasteiger partial charge in [-0.3, -0.25) is 4.79 Å². The van der Waals surface area contributed by atoms with Crippen molar-refractivity contribution in [2.45, 2.75) is 84.7 Å². The molecule has 0 spiro atoms. The van der Waals surface area contributed by atoms with Crippen LogP contribution in [0.3, 0.4) is 0 Å². The van der Waals surface area contributed by atoms with Crippen molar-refractivity contribution in [2.75, 3.05) is 0 Å². The zero-order valence-corrected chi connectivity index (χ0v) is 18.6. The Kier molecular flexibility index (Phi) is 5.61. The number of nitrogens with one attached hydrogen (secondary N) is 1. The Morgan fingerprint density at radius 2 is 1.70 bits per heavy atom. The van der Waals surface area contributed by atoms with E-state index in [0.717, 1.165) is 60.2 Å². The Morgan fingerprint density at radius 3 is 2.37 bits per heavy atom. The number of ether oxygens (including phenoxy) is 1. The Labute approximate surface area is 179 Å². The van der Waals surface area contributed by atoms with Gasteiger partial charge in [0.15, 0.2) is 5.78 Å². The van der Waals surface area contributed by atoms with Crippen LogP contribution in [0.15, 0.2) is 46.8 Å². The van der Waals surface area contributed by atoms with Crippen molar-refractivity contribution in [3.8, 4) is 0 Å². The van der Waals surface area contributed by atoms with Gasteiger partial charge in [0.2, 0.25) is 0 Å². The molecular formula is C26H33NO3. The van der Waals surface area contributed by atoms with Gasteiger partial charge in [0, 0.05) is 29.3 Å². The van der Waals surface area contributed by atoms with Gasteiger partial charge in [0.25, 0.3) is 0 Å². The number of esters is 1. The van der Waals surface area contributed by atoms with Crippen LogP contribution in [0.25, 0.3) is 0 Å². The number of dihydropyridines is 1. The average molecular weight is 408 g/mol. The molecule has 1 aliphatic heterocycles. The molecular weight excluding hydrogens is 374 g/mol. The van der Waals surface area contributed by atoms with E-state index in [-0.39, 0.29) is 29.2 Å². The van der Waals surface area contributed by atoms with E-state index in [1.807, 2.05) is 38.1 Å². The first-order valence-corrected chi connectivity index (χ1v) is 11.3. The average Bonchev–Trinajstić information content (AvgIpc) is 2.67. The van der Waals surface area contributed by atoms with Gasteiger partial charge in [-0.25, -0.2) is 4.79 Å². The number of carbonyl (C=O) groups is 2. The summed E-state index contributed by atoms with van der Waals surface area (Å²) in [7, 11) is 0. The third-order valence-electron chi connectivity index (χ3n) is 6.70. The molecule has 2 aliphatic carbocycles. The smallest absolute Gasteiger partial charge is 0.337 e. The molecule has 1 aromatic rings. The second-order valence-corrected chi connectivity index (χ2v) is 10.0. The van der Waals surface area contributed by atoms with Crippen molar-refractivity contribution in [2.24, 2.45) is 5.41 Å². The molecule has 4 heteroatoms. The minimum atomic E-state index is -0.360.